The molecule has 0 aliphatic heterocycles. The highest BCUT2D eigenvalue weighted by Crippen LogP contribution is 2.33. The van der Waals surface area contributed by atoms with Crippen LogP contribution in [0.5, 0.6) is 5.75 Å². The fourth-order valence-electron chi connectivity index (χ4n) is 1.31. The largest absolute Gasteiger partial charge is 0.508 e. The second-order valence-corrected chi connectivity index (χ2v) is 3.43. The van der Waals surface area contributed by atoms with Crippen LogP contribution in [0.2, 0.25) is 0 Å². The Hall–Kier alpha value is -1.83. The smallest absolute Gasteiger partial charge is 0.390 e. The second-order valence-electron chi connectivity index (χ2n) is 3.43. The molecule has 1 aromatic rings. The van der Waals surface area contributed by atoms with Crippen molar-refractivity contribution in [2.75, 3.05) is 0 Å². The first kappa shape index (κ1) is 13.2. The molecule has 1 atom stereocenters. The standard InChI is InChI=1S/C9H9F3N2O3/c10-9(11,12)4-7(13)6-3-5(14(16)17)1-2-8(6)15/h1-3,7,15H,4,13H2/t7-/m0/s1. The number of nitro benzene ring substituents is 1. The van der Waals surface area contributed by atoms with E-state index in [0.29, 0.717) is 0 Å². The molecule has 0 unspecified atom stereocenters. The molecule has 1 rings (SSSR count). The molecule has 0 bridgehead atoms. The van der Waals surface area contributed by atoms with Crippen molar-refractivity contribution in [2.24, 2.45) is 5.73 Å². The summed E-state index contributed by atoms with van der Waals surface area (Å²) in [5, 5.41) is 19.7. The van der Waals surface area contributed by atoms with Gasteiger partial charge in [-0.1, -0.05) is 0 Å². The van der Waals surface area contributed by atoms with Crippen LogP contribution < -0.4 is 5.73 Å². The molecule has 0 saturated heterocycles. The van der Waals surface area contributed by atoms with Crippen LogP contribution >= 0.6 is 0 Å². The van der Waals surface area contributed by atoms with E-state index in [1.54, 1.807) is 0 Å². The summed E-state index contributed by atoms with van der Waals surface area (Å²) in [5.41, 5.74) is 4.53. The predicted molar refractivity (Wildman–Crippen MR) is 52.4 cm³/mol. The molecule has 8 heteroatoms. The summed E-state index contributed by atoms with van der Waals surface area (Å²) in [6.07, 6.45) is -5.86. The van der Waals surface area contributed by atoms with Crippen LogP contribution in [-0.4, -0.2) is 16.2 Å². The van der Waals surface area contributed by atoms with Gasteiger partial charge >= 0.3 is 6.18 Å². The van der Waals surface area contributed by atoms with Gasteiger partial charge in [0, 0.05) is 23.7 Å². The first-order valence-electron chi connectivity index (χ1n) is 4.50. The van der Waals surface area contributed by atoms with E-state index >= 15 is 0 Å². The zero-order chi connectivity index (χ0) is 13.2. The minimum atomic E-state index is -4.50. The van der Waals surface area contributed by atoms with Crippen molar-refractivity contribution in [1.82, 2.24) is 0 Å². The number of hydrogen-bond donors (Lipinski definition) is 2. The lowest BCUT2D eigenvalue weighted by molar-refractivity contribution is -0.385. The second kappa shape index (κ2) is 4.58. The Kier molecular flexibility index (Phi) is 3.56. The third kappa shape index (κ3) is 3.59. The van der Waals surface area contributed by atoms with Crippen molar-refractivity contribution in [1.29, 1.82) is 0 Å². The number of aromatic hydroxyl groups is 1. The number of benzene rings is 1. The molecule has 1 aromatic carbocycles. The van der Waals surface area contributed by atoms with Crippen LogP contribution in [0.15, 0.2) is 18.2 Å². The summed E-state index contributed by atoms with van der Waals surface area (Å²) in [7, 11) is 0. The average molecular weight is 250 g/mol. The van der Waals surface area contributed by atoms with Crippen molar-refractivity contribution in [2.45, 2.75) is 18.6 Å². The van der Waals surface area contributed by atoms with Gasteiger partial charge in [0.2, 0.25) is 0 Å². The van der Waals surface area contributed by atoms with E-state index in [0.717, 1.165) is 18.2 Å². The monoisotopic (exact) mass is 250 g/mol. The molecular weight excluding hydrogens is 241 g/mol. The van der Waals surface area contributed by atoms with E-state index in [2.05, 4.69) is 0 Å². The van der Waals surface area contributed by atoms with Crippen LogP contribution in [0.4, 0.5) is 18.9 Å². The molecule has 5 nitrogen and oxygen atoms in total. The molecule has 0 saturated carbocycles. The lowest BCUT2D eigenvalue weighted by Crippen LogP contribution is -2.20. The summed E-state index contributed by atoms with van der Waals surface area (Å²) in [6.45, 7) is 0. The SMILES string of the molecule is N[C@@H](CC(F)(F)F)c1cc([N+](=O)[O-])ccc1O. The Morgan fingerprint density at radius 2 is 2.06 bits per heavy atom. The molecule has 3 N–H and O–H groups in total. The maximum absolute atomic E-state index is 12.1. The van der Waals surface area contributed by atoms with Gasteiger partial charge in [0.25, 0.3) is 5.69 Å². The molecule has 0 radical (unpaired) electrons. The van der Waals surface area contributed by atoms with E-state index in [4.69, 9.17) is 5.73 Å². The van der Waals surface area contributed by atoms with Crippen LogP contribution in [0.3, 0.4) is 0 Å². The number of phenols is 1. The van der Waals surface area contributed by atoms with Crippen molar-refractivity contribution in [3.05, 3.63) is 33.9 Å². The van der Waals surface area contributed by atoms with E-state index in [-0.39, 0.29) is 5.56 Å². The van der Waals surface area contributed by atoms with Gasteiger partial charge in [-0.2, -0.15) is 13.2 Å². The van der Waals surface area contributed by atoms with E-state index in [9.17, 15) is 28.4 Å². The van der Waals surface area contributed by atoms with E-state index in [1.165, 1.54) is 0 Å². The van der Waals surface area contributed by atoms with Crippen LogP contribution in [0.25, 0.3) is 0 Å². The van der Waals surface area contributed by atoms with Gasteiger partial charge in [0.05, 0.1) is 11.3 Å². The number of non-ortho nitro benzene ring substituents is 1. The van der Waals surface area contributed by atoms with E-state index in [1.807, 2.05) is 0 Å². The Morgan fingerprint density at radius 1 is 1.47 bits per heavy atom. The van der Waals surface area contributed by atoms with Gasteiger partial charge in [-0.15, -0.1) is 0 Å². The van der Waals surface area contributed by atoms with Gasteiger partial charge in [-0.05, 0) is 6.07 Å². The number of hydrogen-bond acceptors (Lipinski definition) is 4. The lowest BCUT2D eigenvalue weighted by atomic mass is 10.0. The van der Waals surface area contributed by atoms with Crippen molar-refractivity contribution >= 4 is 5.69 Å². The Morgan fingerprint density at radius 3 is 2.53 bits per heavy atom. The van der Waals surface area contributed by atoms with Gasteiger partial charge < -0.3 is 10.8 Å². The number of phenolic OH excluding ortho intramolecular Hbond substituents is 1. The first-order chi connectivity index (χ1) is 7.70. The van der Waals surface area contributed by atoms with Gasteiger partial charge in [0.1, 0.15) is 5.75 Å². The first-order valence-corrected chi connectivity index (χ1v) is 4.50. The van der Waals surface area contributed by atoms with Gasteiger partial charge in [-0.25, -0.2) is 0 Å². The quantitative estimate of drug-likeness (QED) is 0.636. The van der Waals surface area contributed by atoms with Gasteiger partial charge in [-0.3, -0.25) is 10.1 Å². The van der Waals surface area contributed by atoms with Crippen molar-refractivity contribution in [3.63, 3.8) is 0 Å². The molecule has 0 aliphatic rings. The van der Waals surface area contributed by atoms with Crippen LogP contribution in [-0.2, 0) is 0 Å². The molecule has 17 heavy (non-hydrogen) atoms. The van der Waals surface area contributed by atoms with Crippen LogP contribution in [0, 0.1) is 10.1 Å². The normalized spacial score (nSPS) is 13.4. The molecule has 0 spiro atoms. The molecule has 0 amide bonds. The fourth-order valence-corrected chi connectivity index (χ4v) is 1.31. The topological polar surface area (TPSA) is 89.4 Å². The number of nitrogens with zero attached hydrogens (tertiary/aromatic N) is 1. The fraction of sp³-hybridized carbons (Fsp3) is 0.333. The summed E-state index contributed by atoms with van der Waals surface area (Å²) in [5.74, 6) is -0.493. The number of rotatable bonds is 3. The number of nitro groups is 1. The van der Waals surface area contributed by atoms with Crippen molar-refractivity contribution in [3.8, 4) is 5.75 Å². The summed E-state index contributed by atoms with van der Waals surface area (Å²) in [4.78, 5) is 9.66. The summed E-state index contributed by atoms with van der Waals surface area (Å²) in [6, 6.07) is 1.24. The third-order valence-electron chi connectivity index (χ3n) is 2.07. The summed E-state index contributed by atoms with van der Waals surface area (Å²) < 4.78 is 36.3. The maximum Gasteiger partial charge on any atom is 0.390 e. The third-order valence-corrected chi connectivity index (χ3v) is 2.07. The molecule has 94 valence electrons. The highest BCUT2D eigenvalue weighted by molar-refractivity contribution is 5.44. The van der Waals surface area contributed by atoms with Crippen LogP contribution in [0.1, 0.15) is 18.0 Å². The molecular formula is C9H9F3N2O3. The predicted octanol–water partition coefficient (Wildman–Crippen LogP) is 2.25. The van der Waals surface area contributed by atoms with E-state index < -0.39 is 35.0 Å². The highest BCUT2D eigenvalue weighted by atomic mass is 19.4. The summed E-state index contributed by atoms with van der Waals surface area (Å²) >= 11 is 0. The van der Waals surface area contributed by atoms with Gasteiger partial charge in [0.15, 0.2) is 0 Å². The molecule has 0 aliphatic carbocycles. The zero-order valence-electron chi connectivity index (χ0n) is 8.44. The molecule has 0 heterocycles. The number of halogens is 3. The Balaban J connectivity index is 3.04. The maximum atomic E-state index is 12.1. The number of alkyl halides is 3. The minimum absolute atomic E-state index is 0.295. The van der Waals surface area contributed by atoms with Crippen molar-refractivity contribution < 1.29 is 23.2 Å². The zero-order valence-corrected chi connectivity index (χ0v) is 8.44. The average Bonchev–Trinajstić information content (AvgIpc) is 2.14. The number of nitrogens with two attached hydrogens (primary N) is 1. The lowest BCUT2D eigenvalue weighted by Gasteiger charge is -2.15. The Bertz CT molecular complexity index is 434. The highest BCUT2D eigenvalue weighted by Gasteiger charge is 2.32. The minimum Gasteiger partial charge on any atom is -0.508 e. The Labute approximate surface area is 93.8 Å². The molecule has 0 fully saturated rings. The molecule has 0 aromatic heterocycles.